The second-order valence-corrected chi connectivity index (χ2v) is 4.04. The van der Waals surface area contributed by atoms with Gasteiger partial charge in [-0.1, -0.05) is 19.3 Å². The third-order valence-electron chi connectivity index (χ3n) is 3.08. The number of rotatable bonds is 4. The number of carboxylic acids is 2. The van der Waals surface area contributed by atoms with E-state index in [1.54, 1.807) is 0 Å². The number of carbonyl (C=O) groups is 2. The van der Waals surface area contributed by atoms with Crippen LogP contribution in [0.25, 0.3) is 0 Å². The number of aliphatic carboxylic acids is 2. The van der Waals surface area contributed by atoms with E-state index >= 15 is 0 Å². The molecule has 1 saturated carbocycles. The van der Waals surface area contributed by atoms with Gasteiger partial charge in [-0.15, -0.1) is 0 Å². The van der Waals surface area contributed by atoms with Gasteiger partial charge in [0.25, 0.3) is 0 Å². The molecular formula is C10H16O4. The molecule has 14 heavy (non-hydrogen) atoms. The minimum atomic E-state index is -0.906. The topological polar surface area (TPSA) is 74.6 Å². The predicted octanol–water partition coefficient (Wildman–Crippen LogP) is 1.89. The lowest BCUT2D eigenvalue weighted by Gasteiger charge is -2.32. The molecule has 1 aliphatic rings. The van der Waals surface area contributed by atoms with E-state index in [9.17, 15) is 9.59 Å². The predicted molar refractivity (Wildman–Crippen MR) is 50.0 cm³/mol. The molecule has 0 radical (unpaired) electrons. The van der Waals surface area contributed by atoms with Crippen molar-refractivity contribution in [1.29, 1.82) is 0 Å². The Hall–Kier alpha value is -1.06. The summed E-state index contributed by atoms with van der Waals surface area (Å²) in [5, 5.41) is 17.7. The van der Waals surface area contributed by atoms with E-state index in [0.29, 0.717) is 12.8 Å². The maximum atomic E-state index is 11.1. The molecule has 80 valence electrons. The Labute approximate surface area is 82.9 Å². The molecular weight excluding hydrogens is 184 g/mol. The normalized spacial score (nSPS) is 20.3. The van der Waals surface area contributed by atoms with E-state index in [0.717, 1.165) is 19.3 Å². The van der Waals surface area contributed by atoms with Gasteiger partial charge in [-0.25, -0.2) is 0 Å². The molecule has 0 amide bonds. The van der Waals surface area contributed by atoms with Crippen LogP contribution in [0.5, 0.6) is 0 Å². The van der Waals surface area contributed by atoms with Crippen LogP contribution in [-0.4, -0.2) is 22.2 Å². The number of hydrogen-bond donors (Lipinski definition) is 2. The molecule has 4 heteroatoms. The average molecular weight is 200 g/mol. The van der Waals surface area contributed by atoms with Gasteiger partial charge in [0.05, 0.1) is 5.41 Å². The number of carboxylic acid groups (broad SMARTS) is 2. The molecule has 0 heterocycles. The van der Waals surface area contributed by atoms with Gasteiger partial charge >= 0.3 is 11.9 Å². The van der Waals surface area contributed by atoms with Gasteiger partial charge in [-0.2, -0.15) is 0 Å². The fourth-order valence-corrected chi connectivity index (χ4v) is 2.15. The van der Waals surface area contributed by atoms with Crippen molar-refractivity contribution in [3.8, 4) is 0 Å². The van der Waals surface area contributed by atoms with Crippen molar-refractivity contribution in [3.63, 3.8) is 0 Å². The van der Waals surface area contributed by atoms with Gasteiger partial charge in [0, 0.05) is 6.42 Å². The molecule has 0 aromatic carbocycles. The van der Waals surface area contributed by atoms with Gasteiger partial charge in [0.1, 0.15) is 0 Å². The Bertz CT molecular complexity index is 228. The molecule has 0 aromatic rings. The van der Waals surface area contributed by atoms with Crippen LogP contribution in [-0.2, 0) is 9.59 Å². The standard InChI is InChI=1S/C10H16O4/c11-8(12)4-7-10(9(13)14)5-2-1-3-6-10/h1-7H2,(H,11,12)(H,13,14). The van der Waals surface area contributed by atoms with Gasteiger partial charge in [-0.05, 0) is 19.3 Å². The Kier molecular flexibility index (Phi) is 3.49. The SMILES string of the molecule is O=C(O)CCC1(C(=O)O)CCCCC1. The van der Waals surface area contributed by atoms with E-state index in [2.05, 4.69) is 0 Å². The molecule has 0 bridgehead atoms. The molecule has 2 N–H and O–H groups in total. The van der Waals surface area contributed by atoms with Crippen molar-refractivity contribution in [2.45, 2.75) is 44.9 Å². The fourth-order valence-electron chi connectivity index (χ4n) is 2.15. The summed E-state index contributed by atoms with van der Waals surface area (Å²) in [4.78, 5) is 21.5. The minimum Gasteiger partial charge on any atom is -0.481 e. The van der Waals surface area contributed by atoms with Crippen LogP contribution in [0.15, 0.2) is 0 Å². The quantitative estimate of drug-likeness (QED) is 0.726. The highest BCUT2D eigenvalue weighted by Gasteiger charge is 2.39. The van der Waals surface area contributed by atoms with Crippen molar-refractivity contribution < 1.29 is 19.8 Å². The lowest BCUT2D eigenvalue weighted by molar-refractivity contribution is -0.152. The summed E-state index contributed by atoms with van der Waals surface area (Å²) in [7, 11) is 0. The first kappa shape index (κ1) is 11.0. The Morgan fingerprint density at radius 2 is 1.64 bits per heavy atom. The first-order valence-electron chi connectivity index (χ1n) is 5.02. The van der Waals surface area contributed by atoms with Gasteiger partial charge in [0.15, 0.2) is 0 Å². The summed E-state index contributed by atoms with van der Waals surface area (Å²) >= 11 is 0. The fraction of sp³-hybridized carbons (Fsp3) is 0.800. The summed E-state index contributed by atoms with van der Waals surface area (Å²) in [6.07, 6.45) is 4.40. The van der Waals surface area contributed by atoms with Crippen LogP contribution in [0.1, 0.15) is 44.9 Å². The summed E-state index contributed by atoms with van der Waals surface area (Å²) in [5.41, 5.74) is -0.753. The molecule has 1 aliphatic carbocycles. The second kappa shape index (κ2) is 4.44. The third kappa shape index (κ3) is 2.47. The monoisotopic (exact) mass is 200 g/mol. The molecule has 0 unspecified atom stereocenters. The zero-order valence-electron chi connectivity index (χ0n) is 8.16. The first-order chi connectivity index (χ1) is 6.57. The van der Waals surface area contributed by atoms with E-state index in [1.807, 2.05) is 0 Å². The highest BCUT2D eigenvalue weighted by Crippen LogP contribution is 2.40. The van der Waals surface area contributed by atoms with Crippen molar-refractivity contribution in [3.05, 3.63) is 0 Å². The maximum absolute atomic E-state index is 11.1. The average Bonchev–Trinajstić information content (AvgIpc) is 2.16. The molecule has 1 fully saturated rings. The van der Waals surface area contributed by atoms with E-state index < -0.39 is 17.4 Å². The molecule has 0 aromatic heterocycles. The largest absolute Gasteiger partial charge is 0.481 e. The van der Waals surface area contributed by atoms with Crippen molar-refractivity contribution >= 4 is 11.9 Å². The molecule has 0 spiro atoms. The molecule has 0 saturated heterocycles. The van der Waals surface area contributed by atoms with Crippen LogP contribution in [0.2, 0.25) is 0 Å². The van der Waals surface area contributed by atoms with E-state index in [1.165, 1.54) is 0 Å². The van der Waals surface area contributed by atoms with Crippen LogP contribution >= 0.6 is 0 Å². The summed E-state index contributed by atoms with van der Waals surface area (Å²) in [6.45, 7) is 0. The molecule has 4 nitrogen and oxygen atoms in total. The van der Waals surface area contributed by atoms with Crippen LogP contribution in [0.3, 0.4) is 0 Å². The second-order valence-electron chi connectivity index (χ2n) is 4.04. The summed E-state index contributed by atoms with van der Waals surface area (Å²) in [5.74, 6) is -1.73. The Morgan fingerprint density at radius 1 is 1.07 bits per heavy atom. The summed E-state index contributed by atoms with van der Waals surface area (Å²) < 4.78 is 0. The van der Waals surface area contributed by atoms with Crippen LogP contribution in [0, 0.1) is 5.41 Å². The Balaban J connectivity index is 2.60. The zero-order chi connectivity index (χ0) is 10.6. The molecule has 1 rings (SSSR count). The lowest BCUT2D eigenvalue weighted by Crippen LogP contribution is -2.33. The van der Waals surface area contributed by atoms with Crippen LogP contribution in [0.4, 0.5) is 0 Å². The van der Waals surface area contributed by atoms with Gasteiger partial charge in [0.2, 0.25) is 0 Å². The smallest absolute Gasteiger partial charge is 0.309 e. The summed E-state index contributed by atoms with van der Waals surface area (Å²) in [6, 6.07) is 0. The van der Waals surface area contributed by atoms with Crippen LogP contribution < -0.4 is 0 Å². The minimum absolute atomic E-state index is 0.0354. The van der Waals surface area contributed by atoms with Gasteiger partial charge < -0.3 is 10.2 Å². The van der Waals surface area contributed by atoms with Gasteiger partial charge in [-0.3, -0.25) is 9.59 Å². The van der Waals surface area contributed by atoms with Crippen molar-refractivity contribution in [2.24, 2.45) is 5.41 Å². The number of hydrogen-bond acceptors (Lipinski definition) is 2. The highest BCUT2D eigenvalue weighted by atomic mass is 16.4. The first-order valence-corrected chi connectivity index (χ1v) is 5.02. The van der Waals surface area contributed by atoms with E-state index in [4.69, 9.17) is 10.2 Å². The maximum Gasteiger partial charge on any atom is 0.309 e. The lowest BCUT2D eigenvalue weighted by atomic mass is 9.71. The van der Waals surface area contributed by atoms with E-state index in [-0.39, 0.29) is 12.8 Å². The Morgan fingerprint density at radius 3 is 2.07 bits per heavy atom. The molecule has 0 aliphatic heterocycles. The van der Waals surface area contributed by atoms with Crippen molar-refractivity contribution in [1.82, 2.24) is 0 Å². The zero-order valence-corrected chi connectivity index (χ0v) is 8.16. The van der Waals surface area contributed by atoms with Crippen molar-refractivity contribution in [2.75, 3.05) is 0 Å². The highest BCUT2D eigenvalue weighted by molar-refractivity contribution is 5.76. The molecule has 0 atom stereocenters. The third-order valence-corrected chi connectivity index (χ3v) is 3.08.